The maximum Gasteiger partial charge on any atom is 0.269 e. The molecule has 0 N–H and O–H groups in total. The highest BCUT2D eigenvalue weighted by atomic mass is 32.1. The zero-order valence-electron chi connectivity index (χ0n) is 16.4. The molecule has 4 heterocycles. The van der Waals surface area contributed by atoms with Gasteiger partial charge in [-0.15, -0.1) is 22.7 Å². The van der Waals surface area contributed by atoms with Crippen molar-refractivity contribution in [2.24, 2.45) is 0 Å². The van der Waals surface area contributed by atoms with Gasteiger partial charge in [-0.3, -0.25) is 14.2 Å². The van der Waals surface area contributed by atoms with E-state index >= 15 is 0 Å². The van der Waals surface area contributed by atoms with Gasteiger partial charge in [0.15, 0.2) is 5.57 Å². The Balaban J connectivity index is 1.86. The Morgan fingerprint density at radius 2 is 2.07 bits per heavy atom. The van der Waals surface area contributed by atoms with Gasteiger partial charge in [-0.05, 0) is 36.7 Å². The predicted octanol–water partition coefficient (Wildman–Crippen LogP) is 0.890. The van der Waals surface area contributed by atoms with Crippen LogP contribution in [0.5, 0.6) is 0 Å². The van der Waals surface area contributed by atoms with E-state index in [1.54, 1.807) is 23.1 Å². The molecule has 3 aromatic rings. The van der Waals surface area contributed by atoms with Crippen molar-refractivity contribution in [3.8, 4) is 6.07 Å². The van der Waals surface area contributed by atoms with Crippen LogP contribution in [0.1, 0.15) is 10.6 Å². The van der Waals surface area contributed by atoms with Crippen molar-refractivity contribution in [1.82, 2.24) is 14.4 Å². The van der Waals surface area contributed by atoms with Crippen LogP contribution in [0.15, 0.2) is 45.1 Å². The first-order valence-corrected chi connectivity index (χ1v) is 11.2. The number of thiophene rings is 1. The molecule has 30 heavy (non-hydrogen) atoms. The Morgan fingerprint density at radius 3 is 2.70 bits per heavy atom. The molecule has 1 aliphatic heterocycles. The van der Waals surface area contributed by atoms with Crippen molar-refractivity contribution in [2.75, 3.05) is 33.2 Å². The number of nitrogens with zero attached hydrogens (tertiary/aromatic N) is 4. The van der Waals surface area contributed by atoms with Crippen LogP contribution >= 0.6 is 22.7 Å². The first kappa shape index (κ1) is 20.3. The zero-order chi connectivity index (χ0) is 21.1. The molecule has 1 saturated heterocycles. The van der Waals surface area contributed by atoms with Gasteiger partial charge < -0.3 is 14.2 Å². The molecule has 4 rings (SSSR count). The minimum atomic E-state index is -0.331. The van der Waals surface area contributed by atoms with E-state index in [0.717, 1.165) is 18.0 Å². The number of nitriles is 1. The molecule has 3 aromatic heterocycles. The summed E-state index contributed by atoms with van der Waals surface area (Å²) in [6, 6.07) is 9.42. The molecule has 9 heteroatoms. The molecule has 0 spiro atoms. The summed E-state index contributed by atoms with van der Waals surface area (Å²) < 4.78 is 7.73. The third-order valence-corrected chi connectivity index (χ3v) is 6.90. The van der Waals surface area contributed by atoms with Gasteiger partial charge in [0.25, 0.3) is 11.5 Å². The molecule has 154 valence electrons. The Hall–Kier alpha value is -2.93. The first-order chi connectivity index (χ1) is 14.6. The molecular formula is C21H20N4O3S2. The van der Waals surface area contributed by atoms with E-state index in [9.17, 15) is 14.9 Å². The highest BCUT2D eigenvalue weighted by Gasteiger charge is 2.24. The van der Waals surface area contributed by atoms with Crippen LogP contribution in [0.25, 0.3) is 11.6 Å². The fourth-order valence-corrected chi connectivity index (χ4v) is 5.08. The summed E-state index contributed by atoms with van der Waals surface area (Å²) in [4.78, 5) is 31.1. The second-order valence-electron chi connectivity index (χ2n) is 6.98. The number of rotatable bonds is 4. The molecule has 0 unspecified atom stereocenters. The topological polar surface area (TPSA) is 82.5 Å². The minimum absolute atomic E-state index is 0.000890. The molecule has 0 bridgehead atoms. The average molecular weight is 441 g/mol. The fourth-order valence-electron chi connectivity index (χ4n) is 3.26. The first-order valence-electron chi connectivity index (χ1n) is 9.46. The van der Waals surface area contributed by atoms with Gasteiger partial charge in [-0.2, -0.15) is 5.26 Å². The monoisotopic (exact) mass is 440 g/mol. The Kier molecular flexibility index (Phi) is 5.99. The van der Waals surface area contributed by atoms with Gasteiger partial charge in [0.2, 0.25) is 0 Å². The number of hydrogen-bond acceptors (Lipinski definition) is 7. The SMILES string of the molecule is CN1CCN(C(=O)/C(C#N)=c2\s/c(=C\c3cccs3)c(=O)n2Cc2ccco2)CC1. The van der Waals surface area contributed by atoms with Crippen molar-refractivity contribution < 1.29 is 9.21 Å². The normalized spacial score (nSPS) is 16.5. The van der Waals surface area contributed by atoms with Gasteiger partial charge >= 0.3 is 0 Å². The van der Waals surface area contributed by atoms with Crippen LogP contribution in [-0.2, 0) is 11.3 Å². The van der Waals surface area contributed by atoms with E-state index < -0.39 is 0 Å². The summed E-state index contributed by atoms with van der Waals surface area (Å²) in [5.74, 6) is 0.255. The number of hydrogen-bond donors (Lipinski definition) is 0. The molecule has 0 aromatic carbocycles. The lowest BCUT2D eigenvalue weighted by molar-refractivity contribution is -0.126. The molecule has 0 radical (unpaired) electrons. The number of piperazine rings is 1. The number of thiazole rings is 1. The molecule has 7 nitrogen and oxygen atoms in total. The lowest BCUT2D eigenvalue weighted by Crippen LogP contribution is -2.48. The molecule has 0 atom stereocenters. The average Bonchev–Trinajstić information content (AvgIpc) is 3.50. The van der Waals surface area contributed by atoms with E-state index in [0.29, 0.717) is 28.0 Å². The van der Waals surface area contributed by atoms with Gasteiger partial charge in [0.1, 0.15) is 16.5 Å². The van der Waals surface area contributed by atoms with E-state index in [-0.39, 0.29) is 23.6 Å². The maximum absolute atomic E-state index is 13.2. The second kappa shape index (κ2) is 8.83. The molecule has 0 aliphatic carbocycles. The standard InChI is InChI=1S/C21H20N4O3S2/c1-23-6-8-24(9-7-23)19(26)17(13-22)21-25(14-15-4-2-10-28-15)20(27)18(30-21)12-16-5-3-11-29-16/h2-5,10-12H,6-9,14H2,1H3/b18-12-,21-17-. The van der Waals surface area contributed by atoms with E-state index in [2.05, 4.69) is 11.0 Å². The van der Waals surface area contributed by atoms with Crippen LogP contribution in [0.3, 0.4) is 0 Å². The highest BCUT2D eigenvalue weighted by molar-refractivity contribution is 7.11. The number of carbonyl (C=O) groups excluding carboxylic acids is 1. The molecule has 0 saturated carbocycles. The van der Waals surface area contributed by atoms with Crippen molar-refractivity contribution in [3.63, 3.8) is 0 Å². The quantitative estimate of drug-likeness (QED) is 0.602. The Bertz CT molecular complexity index is 1240. The van der Waals surface area contributed by atoms with Crippen molar-refractivity contribution >= 4 is 40.2 Å². The van der Waals surface area contributed by atoms with E-state index in [4.69, 9.17) is 4.42 Å². The Morgan fingerprint density at radius 1 is 1.27 bits per heavy atom. The number of furan rings is 1. The van der Waals surface area contributed by atoms with Gasteiger partial charge in [-0.1, -0.05) is 6.07 Å². The van der Waals surface area contributed by atoms with Crippen LogP contribution in [0.4, 0.5) is 0 Å². The third-order valence-electron chi connectivity index (χ3n) is 4.95. The van der Waals surface area contributed by atoms with E-state index in [1.165, 1.54) is 33.5 Å². The number of carbonyl (C=O) groups is 1. The molecule has 1 fully saturated rings. The fraction of sp³-hybridized carbons (Fsp3) is 0.286. The largest absolute Gasteiger partial charge is 0.467 e. The van der Waals surface area contributed by atoms with Crippen molar-refractivity contribution in [2.45, 2.75) is 6.54 Å². The zero-order valence-corrected chi connectivity index (χ0v) is 18.0. The summed E-state index contributed by atoms with van der Waals surface area (Å²) >= 11 is 2.70. The number of aromatic nitrogens is 1. The molecule has 1 aliphatic rings. The number of likely N-dealkylation sites (N-methyl/N-ethyl adjacent to an activating group) is 1. The molecular weight excluding hydrogens is 420 g/mol. The van der Waals surface area contributed by atoms with Gasteiger partial charge in [-0.25, -0.2) is 0 Å². The van der Waals surface area contributed by atoms with E-state index in [1.807, 2.05) is 24.6 Å². The van der Waals surface area contributed by atoms with Crippen LogP contribution in [-0.4, -0.2) is 53.5 Å². The molecule has 1 amide bonds. The summed E-state index contributed by atoms with van der Waals surface area (Å²) in [5.41, 5.74) is -0.238. The van der Waals surface area contributed by atoms with Crippen LogP contribution in [0.2, 0.25) is 0 Å². The van der Waals surface area contributed by atoms with Gasteiger partial charge in [0.05, 0.1) is 17.3 Å². The summed E-state index contributed by atoms with van der Waals surface area (Å²) in [6.45, 7) is 2.79. The Labute approximate surface area is 181 Å². The highest BCUT2D eigenvalue weighted by Crippen LogP contribution is 2.10. The summed E-state index contributed by atoms with van der Waals surface area (Å²) in [7, 11) is 2.00. The second-order valence-corrected chi connectivity index (χ2v) is 8.99. The lowest BCUT2D eigenvalue weighted by Gasteiger charge is -2.32. The number of amides is 1. The maximum atomic E-state index is 13.2. The third kappa shape index (κ3) is 4.16. The van der Waals surface area contributed by atoms with Crippen LogP contribution < -0.4 is 14.8 Å². The summed E-state index contributed by atoms with van der Waals surface area (Å²) in [5, 5.41) is 11.8. The summed E-state index contributed by atoms with van der Waals surface area (Å²) in [6.07, 6.45) is 3.34. The lowest BCUT2D eigenvalue weighted by atomic mass is 10.2. The smallest absolute Gasteiger partial charge is 0.269 e. The van der Waals surface area contributed by atoms with Crippen molar-refractivity contribution in [1.29, 1.82) is 5.26 Å². The predicted molar refractivity (Wildman–Crippen MR) is 117 cm³/mol. The minimum Gasteiger partial charge on any atom is -0.467 e. The van der Waals surface area contributed by atoms with Crippen LogP contribution in [0, 0.1) is 11.3 Å². The van der Waals surface area contributed by atoms with Crippen molar-refractivity contribution in [3.05, 3.63) is 66.1 Å². The van der Waals surface area contributed by atoms with Gasteiger partial charge in [0, 0.05) is 31.1 Å².